The average Bonchev–Trinajstić information content (AvgIpc) is 3.15. The molecule has 1 saturated carbocycles. The van der Waals surface area contributed by atoms with Crippen LogP contribution >= 0.6 is 0 Å². The fraction of sp³-hybridized carbons (Fsp3) is 0.615. The van der Waals surface area contributed by atoms with Gasteiger partial charge in [0.05, 0.1) is 11.8 Å². The molecule has 3 rings (SSSR count). The Kier molecular flexibility index (Phi) is 3.26. The van der Waals surface area contributed by atoms with Gasteiger partial charge in [-0.05, 0) is 18.9 Å². The molecule has 2 heterocycles. The molecule has 1 N–H and O–H groups in total. The summed E-state index contributed by atoms with van der Waals surface area (Å²) >= 11 is 0. The first kappa shape index (κ1) is 14.1. The summed E-state index contributed by atoms with van der Waals surface area (Å²) in [6.07, 6.45) is -1.02. The molecule has 0 bridgehead atoms. The van der Waals surface area contributed by atoms with Crippen molar-refractivity contribution < 1.29 is 23.1 Å². The van der Waals surface area contributed by atoms with Crippen LogP contribution in [0.25, 0.3) is 0 Å². The quantitative estimate of drug-likeness (QED) is 0.925. The molecule has 114 valence electrons. The Balaban J connectivity index is 1.83. The molecule has 0 amide bonds. The summed E-state index contributed by atoms with van der Waals surface area (Å²) in [5.41, 5.74) is 0. The molecule has 1 aliphatic heterocycles. The molecule has 2 atom stereocenters. The number of hydrogen-bond acceptors (Lipinski definition) is 4. The second-order valence-electron chi connectivity index (χ2n) is 5.55. The molecule has 1 aromatic heterocycles. The van der Waals surface area contributed by atoms with Gasteiger partial charge in [-0.25, -0.2) is 9.97 Å². The Hall–Kier alpha value is -1.86. The molecular formula is C13H14F3N3O2. The fourth-order valence-corrected chi connectivity index (χ4v) is 2.65. The van der Waals surface area contributed by atoms with Gasteiger partial charge in [-0.3, -0.25) is 4.79 Å². The average molecular weight is 301 g/mol. The van der Waals surface area contributed by atoms with Crippen molar-refractivity contribution in [2.45, 2.75) is 24.9 Å². The van der Waals surface area contributed by atoms with E-state index in [0.29, 0.717) is 17.6 Å². The molecule has 1 aliphatic carbocycles. The molecule has 1 aromatic rings. The lowest BCUT2D eigenvalue weighted by Gasteiger charge is -2.19. The Morgan fingerprint density at radius 1 is 1.33 bits per heavy atom. The molecule has 1 saturated heterocycles. The van der Waals surface area contributed by atoms with E-state index in [1.807, 2.05) is 0 Å². The summed E-state index contributed by atoms with van der Waals surface area (Å²) in [4.78, 5) is 20.9. The SMILES string of the molecule is O=C(O)[C@@H]1CN(c2ccnc(C3CC3)n2)C[C@H]1C(F)(F)F. The molecule has 21 heavy (non-hydrogen) atoms. The Morgan fingerprint density at radius 2 is 2.05 bits per heavy atom. The monoisotopic (exact) mass is 301 g/mol. The maximum absolute atomic E-state index is 13.0. The fourth-order valence-electron chi connectivity index (χ4n) is 2.65. The van der Waals surface area contributed by atoms with E-state index < -0.39 is 24.0 Å². The van der Waals surface area contributed by atoms with Gasteiger partial charge < -0.3 is 10.0 Å². The number of aliphatic carboxylic acids is 1. The van der Waals surface area contributed by atoms with Crippen LogP contribution in [-0.2, 0) is 4.79 Å². The molecule has 0 radical (unpaired) electrons. The zero-order valence-corrected chi connectivity index (χ0v) is 11.0. The zero-order chi connectivity index (χ0) is 15.2. The highest BCUT2D eigenvalue weighted by Crippen LogP contribution is 2.41. The lowest BCUT2D eigenvalue weighted by Crippen LogP contribution is -2.33. The number of alkyl halides is 3. The lowest BCUT2D eigenvalue weighted by molar-refractivity contribution is -0.187. The predicted octanol–water partition coefficient (Wildman–Crippen LogP) is 2.05. The summed E-state index contributed by atoms with van der Waals surface area (Å²) in [6.45, 7) is -0.553. The standard InChI is InChI=1S/C13H14F3N3O2/c14-13(15,16)9-6-19(5-8(9)12(20)21)10-3-4-17-11(18-10)7-1-2-7/h3-4,7-9H,1-2,5-6H2,(H,20,21)/t8-,9-/m1/s1. The van der Waals surface area contributed by atoms with E-state index in [2.05, 4.69) is 9.97 Å². The summed E-state index contributed by atoms with van der Waals surface area (Å²) < 4.78 is 38.9. The Labute approximate surface area is 118 Å². The third-order valence-electron chi connectivity index (χ3n) is 3.98. The van der Waals surface area contributed by atoms with Gasteiger partial charge in [0.1, 0.15) is 11.6 Å². The van der Waals surface area contributed by atoms with Crippen molar-refractivity contribution in [2.75, 3.05) is 18.0 Å². The maximum Gasteiger partial charge on any atom is 0.394 e. The number of carbonyl (C=O) groups is 1. The Morgan fingerprint density at radius 3 is 2.57 bits per heavy atom. The second kappa shape index (κ2) is 4.85. The van der Waals surface area contributed by atoms with Crippen LogP contribution in [0.4, 0.5) is 19.0 Å². The van der Waals surface area contributed by atoms with Gasteiger partial charge in [0, 0.05) is 25.2 Å². The minimum Gasteiger partial charge on any atom is -0.481 e. The number of anilines is 1. The van der Waals surface area contributed by atoms with E-state index in [-0.39, 0.29) is 13.1 Å². The lowest BCUT2D eigenvalue weighted by atomic mass is 9.96. The van der Waals surface area contributed by atoms with Gasteiger partial charge in [-0.15, -0.1) is 0 Å². The van der Waals surface area contributed by atoms with E-state index in [9.17, 15) is 18.0 Å². The van der Waals surface area contributed by atoms with Gasteiger partial charge in [0.2, 0.25) is 0 Å². The van der Waals surface area contributed by atoms with Crippen LogP contribution in [0.1, 0.15) is 24.6 Å². The molecular weight excluding hydrogens is 287 g/mol. The molecule has 2 fully saturated rings. The van der Waals surface area contributed by atoms with Crippen LogP contribution in [0.2, 0.25) is 0 Å². The predicted molar refractivity (Wildman–Crippen MR) is 66.9 cm³/mol. The number of hydrogen-bond donors (Lipinski definition) is 1. The summed E-state index contributed by atoms with van der Waals surface area (Å²) in [5.74, 6) is -3.43. The summed E-state index contributed by atoms with van der Waals surface area (Å²) in [6, 6.07) is 1.53. The van der Waals surface area contributed by atoms with E-state index in [1.165, 1.54) is 17.2 Å². The van der Waals surface area contributed by atoms with Crippen LogP contribution < -0.4 is 4.90 Å². The summed E-state index contributed by atoms with van der Waals surface area (Å²) in [5, 5.41) is 9.01. The third kappa shape index (κ3) is 2.79. The van der Waals surface area contributed by atoms with Crippen LogP contribution in [0.3, 0.4) is 0 Å². The largest absolute Gasteiger partial charge is 0.481 e. The van der Waals surface area contributed by atoms with Gasteiger partial charge in [0.15, 0.2) is 0 Å². The molecule has 0 aromatic carbocycles. The van der Waals surface area contributed by atoms with Crippen molar-refractivity contribution in [3.63, 3.8) is 0 Å². The van der Waals surface area contributed by atoms with Crippen LogP contribution in [0, 0.1) is 11.8 Å². The first-order valence-corrected chi connectivity index (χ1v) is 6.73. The third-order valence-corrected chi connectivity index (χ3v) is 3.98. The van der Waals surface area contributed by atoms with E-state index in [1.54, 1.807) is 0 Å². The minimum atomic E-state index is -4.52. The first-order chi connectivity index (χ1) is 9.86. The highest BCUT2D eigenvalue weighted by molar-refractivity contribution is 5.72. The Bertz CT molecular complexity index is 560. The number of aromatic nitrogens is 2. The van der Waals surface area contributed by atoms with Crippen molar-refractivity contribution >= 4 is 11.8 Å². The normalized spacial score (nSPS) is 26.1. The van der Waals surface area contributed by atoms with Crippen molar-refractivity contribution in [3.8, 4) is 0 Å². The van der Waals surface area contributed by atoms with E-state index in [0.717, 1.165) is 12.8 Å². The maximum atomic E-state index is 13.0. The second-order valence-corrected chi connectivity index (χ2v) is 5.55. The summed E-state index contributed by atoms with van der Waals surface area (Å²) in [7, 11) is 0. The van der Waals surface area contributed by atoms with Crippen LogP contribution in [0.15, 0.2) is 12.3 Å². The van der Waals surface area contributed by atoms with Gasteiger partial charge in [-0.2, -0.15) is 13.2 Å². The van der Waals surface area contributed by atoms with Gasteiger partial charge in [0.25, 0.3) is 0 Å². The molecule has 2 aliphatic rings. The zero-order valence-electron chi connectivity index (χ0n) is 11.0. The van der Waals surface area contributed by atoms with Gasteiger partial charge >= 0.3 is 12.1 Å². The van der Waals surface area contributed by atoms with Crippen molar-refractivity contribution in [3.05, 3.63) is 18.1 Å². The smallest absolute Gasteiger partial charge is 0.394 e. The van der Waals surface area contributed by atoms with Crippen molar-refractivity contribution in [1.29, 1.82) is 0 Å². The number of halogens is 3. The van der Waals surface area contributed by atoms with Crippen molar-refractivity contribution in [1.82, 2.24) is 9.97 Å². The number of carboxylic acid groups (broad SMARTS) is 1. The van der Waals surface area contributed by atoms with E-state index >= 15 is 0 Å². The minimum absolute atomic E-state index is 0.180. The van der Waals surface area contributed by atoms with Crippen LogP contribution in [-0.4, -0.2) is 40.3 Å². The number of rotatable bonds is 3. The molecule has 5 nitrogen and oxygen atoms in total. The molecule has 0 spiro atoms. The number of nitrogens with zero attached hydrogens (tertiary/aromatic N) is 3. The van der Waals surface area contributed by atoms with Crippen LogP contribution in [0.5, 0.6) is 0 Å². The topological polar surface area (TPSA) is 66.3 Å². The highest BCUT2D eigenvalue weighted by Gasteiger charge is 2.52. The molecule has 8 heteroatoms. The highest BCUT2D eigenvalue weighted by atomic mass is 19.4. The number of carboxylic acids is 1. The van der Waals surface area contributed by atoms with E-state index in [4.69, 9.17) is 5.11 Å². The molecule has 0 unspecified atom stereocenters. The van der Waals surface area contributed by atoms with Gasteiger partial charge in [-0.1, -0.05) is 0 Å². The van der Waals surface area contributed by atoms with Crippen molar-refractivity contribution in [2.24, 2.45) is 11.8 Å². The first-order valence-electron chi connectivity index (χ1n) is 6.73.